The highest BCUT2D eigenvalue weighted by Gasteiger charge is 2.54. The van der Waals surface area contributed by atoms with Crippen molar-refractivity contribution in [3.63, 3.8) is 0 Å². The van der Waals surface area contributed by atoms with Crippen LogP contribution in [0, 0.1) is 0 Å². The largest absolute Gasteiger partial charge is 0.458 e. The minimum atomic E-state index is -2.44. The lowest BCUT2D eigenvalue weighted by Crippen LogP contribution is -2.57. The van der Waals surface area contributed by atoms with Crippen molar-refractivity contribution < 1.29 is 13.9 Å². The molecule has 4 heteroatoms. The molecule has 0 aliphatic rings. The normalized spacial score (nSPS) is 15.2. The third-order valence-electron chi connectivity index (χ3n) is 4.05. The lowest BCUT2D eigenvalue weighted by atomic mass is 10.2. The molecular weight excluding hydrogens is 259 g/mol. The fraction of sp³-hybridized carbons (Fsp3) is 0.933. The zero-order valence-electron chi connectivity index (χ0n) is 14.0. The molecule has 1 unspecified atom stereocenters. The first kappa shape index (κ1) is 18.6. The highest BCUT2D eigenvalue weighted by atomic mass is 28.3. The van der Waals surface area contributed by atoms with Gasteiger partial charge in [-0.15, -0.1) is 0 Å². The van der Waals surface area contributed by atoms with E-state index in [1.807, 2.05) is 41.5 Å². The minimum absolute atomic E-state index is 0.204. The van der Waals surface area contributed by atoms with Crippen molar-refractivity contribution in [1.29, 1.82) is 0 Å². The Balaban J connectivity index is 5.45. The van der Waals surface area contributed by atoms with Gasteiger partial charge in [0.05, 0.1) is 0 Å². The van der Waals surface area contributed by atoms with E-state index in [0.717, 1.165) is 0 Å². The molecule has 0 amide bonds. The molecule has 0 saturated heterocycles. The molecule has 0 aliphatic heterocycles. The standard InChI is InChI=1S/C15H31FO2Si/c1-10(2)19(11(3)4,12(5)6)13(16)14(17)18-15(7,8)9/h10-13H,1-9H3. The second-order valence-corrected chi connectivity index (χ2v) is 13.3. The van der Waals surface area contributed by atoms with E-state index in [1.165, 1.54) is 0 Å². The molecule has 0 aromatic heterocycles. The van der Waals surface area contributed by atoms with E-state index in [1.54, 1.807) is 20.8 Å². The Kier molecular flexibility index (Phi) is 6.25. The zero-order valence-corrected chi connectivity index (χ0v) is 15.0. The molecule has 0 fully saturated rings. The highest BCUT2D eigenvalue weighted by Crippen LogP contribution is 2.45. The summed E-state index contributed by atoms with van der Waals surface area (Å²) in [6.07, 6.45) is 0. The van der Waals surface area contributed by atoms with Gasteiger partial charge in [0.1, 0.15) is 13.7 Å². The molecular formula is C15H31FO2Si. The number of hydrogen-bond acceptors (Lipinski definition) is 2. The van der Waals surface area contributed by atoms with Crippen LogP contribution >= 0.6 is 0 Å². The van der Waals surface area contributed by atoms with Gasteiger partial charge in [0.2, 0.25) is 0 Å². The van der Waals surface area contributed by atoms with Crippen LogP contribution in [-0.4, -0.2) is 25.4 Å². The number of carbonyl (C=O) groups is 1. The molecule has 114 valence electrons. The fourth-order valence-corrected chi connectivity index (χ4v) is 9.66. The molecule has 0 bridgehead atoms. The summed E-state index contributed by atoms with van der Waals surface area (Å²) in [7, 11) is -2.44. The monoisotopic (exact) mass is 290 g/mol. The molecule has 0 radical (unpaired) electrons. The Hall–Kier alpha value is -0.383. The molecule has 0 aromatic rings. The predicted molar refractivity (Wildman–Crippen MR) is 81.8 cm³/mol. The minimum Gasteiger partial charge on any atom is -0.458 e. The van der Waals surface area contributed by atoms with E-state index in [9.17, 15) is 9.18 Å². The van der Waals surface area contributed by atoms with Gasteiger partial charge in [0, 0.05) is 0 Å². The number of ether oxygens (including phenoxy) is 1. The SMILES string of the molecule is CC(C)[Si](C(C)C)(C(C)C)C(F)C(=O)OC(C)(C)C. The quantitative estimate of drug-likeness (QED) is 0.532. The van der Waals surface area contributed by atoms with Gasteiger partial charge in [0.15, 0.2) is 5.79 Å². The van der Waals surface area contributed by atoms with Crippen LogP contribution < -0.4 is 0 Å². The van der Waals surface area contributed by atoms with Gasteiger partial charge in [-0.2, -0.15) is 0 Å². The van der Waals surface area contributed by atoms with Crippen molar-refractivity contribution in [3.8, 4) is 0 Å². The van der Waals surface area contributed by atoms with Crippen LogP contribution in [0.1, 0.15) is 62.3 Å². The first-order valence-electron chi connectivity index (χ1n) is 7.24. The third-order valence-corrected chi connectivity index (χ3v) is 11.2. The van der Waals surface area contributed by atoms with E-state index in [0.29, 0.717) is 0 Å². The molecule has 0 aliphatic carbocycles. The Morgan fingerprint density at radius 3 is 1.47 bits per heavy atom. The number of carbonyl (C=O) groups excluding carboxylic acids is 1. The van der Waals surface area contributed by atoms with Crippen molar-refractivity contribution in [2.75, 3.05) is 0 Å². The molecule has 19 heavy (non-hydrogen) atoms. The first-order chi connectivity index (χ1) is 8.37. The van der Waals surface area contributed by atoms with Gasteiger partial charge in [-0.1, -0.05) is 41.5 Å². The second kappa shape index (κ2) is 6.38. The number of alkyl halides is 1. The number of hydrogen-bond donors (Lipinski definition) is 0. The molecule has 0 spiro atoms. The van der Waals surface area contributed by atoms with E-state index in [-0.39, 0.29) is 16.6 Å². The average molecular weight is 290 g/mol. The maximum absolute atomic E-state index is 15.0. The summed E-state index contributed by atoms with van der Waals surface area (Å²) < 4.78 is 20.3. The summed E-state index contributed by atoms with van der Waals surface area (Å²) in [5.41, 5.74) is -0.0213. The van der Waals surface area contributed by atoms with Crippen molar-refractivity contribution >= 4 is 14.0 Å². The van der Waals surface area contributed by atoms with Crippen molar-refractivity contribution in [2.45, 2.75) is 90.3 Å². The summed E-state index contributed by atoms with van der Waals surface area (Å²) in [4.78, 5) is 12.2. The van der Waals surface area contributed by atoms with Gasteiger partial charge in [0.25, 0.3) is 0 Å². The fourth-order valence-electron chi connectivity index (χ4n) is 3.44. The summed E-state index contributed by atoms with van der Waals surface area (Å²) in [5.74, 6) is -2.12. The van der Waals surface area contributed by atoms with E-state index < -0.39 is 25.4 Å². The lowest BCUT2D eigenvalue weighted by molar-refractivity contribution is -0.158. The molecule has 0 N–H and O–H groups in total. The predicted octanol–water partition coefficient (Wildman–Crippen LogP) is 4.88. The lowest BCUT2D eigenvalue weighted by Gasteiger charge is -2.44. The molecule has 0 heterocycles. The van der Waals surface area contributed by atoms with Crippen LogP contribution in [0.5, 0.6) is 0 Å². The molecule has 2 nitrogen and oxygen atoms in total. The van der Waals surface area contributed by atoms with Crippen molar-refractivity contribution in [3.05, 3.63) is 0 Å². The number of esters is 1. The van der Waals surface area contributed by atoms with E-state index in [4.69, 9.17) is 4.74 Å². The summed E-state index contributed by atoms with van der Waals surface area (Å²) in [6, 6.07) is 0. The van der Waals surface area contributed by atoms with Crippen LogP contribution in [0.2, 0.25) is 16.6 Å². The molecule has 1 atom stereocenters. The highest BCUT2D eigenvalue weighted by molar-refractivity contribution is 6.87. The zero-order chi connectivity index (χ0) is 15.6. The maximum atomic E-state index is 15.0. The number of rotatable bonds is 5. The summed E-state index contributed by atoms with van der Waals surface area (Å²) in [5, 5.41) is 0. The van der Waals surface area contributed by atoms with Gasteiger partial charge >= 0.3 is 5.97 Å². The van der Waals surface area contributed by atoms with Crippen LogP contribution in [0.3, 0.4) is 0 Å². The Morgan fingerprint density at radius 2 is 1.26 bits per heavy atom. The second-order valence-electron chi connectivity index (χ2n) is 7.36. The van der Waals surface area contributed by atoms with Crippen molar-refractivity contribution in [2.24, 2.45) is 0 Å². The van der Waals surface area contributed by atoms with Gasteiger partial charge in [-0.3, -0.25) is 0 Å². The smallest absolute Gasteiger partial charge is 0.337 e. The number of halogens is 1. The Bertz CT molecular complexity index is 284. The Labute approximate surface area is 119 Å². The van der Waals surface area contributed by atoms with E-state index in [2.05, 4.69) is 0 Å². The van der Waals surface area contributed by atoms with E-state index >= 15 is 0 Å². The van der Waals surface area contributed by atoms with Crippen LogP contribution in [0.25, 0.3) is 0 Å². The van der Waals surface area contributed by atoms with Gasteiger partial charge in [-0.25, -0.2) is 9.18 Å². The van der Waals surface area contributed by atoms with Crippen molar-refractivity contribution in [1.82, 2.24) is 0 Å². The molecule has 0 aromatic carbocycles. The Morgan fingerprint density at radius 1 is 0.947 bits per heavy atom. The van der Waals surface area contributed by atoms with Gasteiger partial charge < -0.3 is 4.74 Å². The van der Waals surface area contributed by atoms with Crippen LogP contribution in [0.15, 0.2) is 0 Å². The van der Waals surface area contributed by atoms with Crippen LogP contribution in [0.4, 0.5) is 4.39 Å². The molecule has 0 saturated carbocycles. The third kappa shape index (κ3) is 4.04. The average Bonchev–Trinajstić information content (AvgIpc) is 2.13. The summed E-state index contributed by atoms with van der Waals surface area (Å²) >= 11 is 0. The summed E-state index contributed by atoms with van der Waals surface area (Å²) in [6.45, 7) is 17.6. The topological polar surface area (TPSA) is 26.3 Å². The van der Waals surface area contributed by atoms with Gasteiger partial charge in [-0.05, 0) is 37.4 Å². The first-order valence-corrected chi connectivity index (χ1v) is 9.55. The maximum Gasteiger partial charge on any atom is 0.337 e. The molecule has 0 rings (SSSR count). The van der Waals surface area contributed by atoms with Crippen LogP contribution in [-0.2, 0) is 9.53 Å².